The van der Waals surface area contributed by atoms with E-state index in [1.54, 1.807) is 6.08 Å². The summed E-state index contributed by atoms with van der Waals surface area (Å²) in [6.45, 7) is 1.48. The number of halogens is 1. The molecule has 0 N–H and O–H groups in total. The molecule has 0 aliphatic heterocycles. The first kappa shape index (κ1) is 9.65. The van der Waals surface area contributed by atoms with Gasteiger partial charge >= 0.3 is 6.04 Å². The van der Waals surface area contributed by atoms with Crippen molar-refractivity contribution >= 4 is 6.04 Å². The zero-order chi connectivity index (χ0) is 9.68. The van der Waals surface area contributed by atoms with E-state index < -0.39 is 6.04 Å². The van der Waals surface area contributed by atoms with Crippen LogP contribution in [-0.4, -0.2) is 6.04 Å². The lowest BCUT2D eigenvalue weighted by molar-refractivity contribution is -0.125. The maximum atomic E-state index is 12.1. The van der Waals surface area contributed by atoms with Crippen LogP contribution in [0.25, 0.3) is 0 Å². The van der Waals surface area contributed by atoms with Gasteiger partial charge in [0, 0.05) is 5.57 Å². The number of rotatable bonds is 3. The summed E-state index contributed by atoms with van der Waals surface area (Å²) in [6.07, 6.45) is 2.19. The van der Waals surface area contributed by atoms with Crippen LogP contribution < -0.4 is 0 Å². The molecule has 1 aromatic rings. The van der Waals surface area contributed by atoms with Gasteiger partial charge in [-0.25, -0.2) is 0 Å². The van der Waals surface area contributed by atoms with Gasteiger partial charge in [0.2, 0.25) is 0 Å². The van der Waals surface area contributed by atoms with Crippen LogP contribution in [0.1, 0.15) is 12.5 Å². The quantitative estimate of drug-likeness (QED) is 0.513. The Morgan fingerprint density at radius 2 is 2.00 bits per heavy atom. The third-order valence-corrected chi connectivity index (χ3v) is 1.80. The Morgan fingerprint density at radius 1 is 1.38 bits per heavy atom. The molecule has 1 aromatic carbocycles. The van der Waals surface area contributed by atoms with Crippen LogP contribution in [0.3, 0.4) is 0 Å². The zero-order valence-corrected chi connectivity index (χ0v) is 7.46. The SMILES string of the molecule is CC(=CCc1ccccc1)C(=O)F. The van der Waals surface area contributed by atoms with Crippen molar-refractivity contribution in [2.75, 3.05) is 0 Å². The average Bonchev–Trinajstić information content (AvgIpc) is 2.15. The molecule has 0 atom stereocenters. The largest absolute Gasteiger partial charge is 0.327 e. The molecule has 2 heteroatoms. The van der Waals surface area contributed by atoms with Crippen LogP contribution in [0, 0.1) is 0 Å². The Morgan fingerprint density at radius 3 is 2.54 bits per heavy atom. The lowest BCUT2D eigenvalue weighted by Crippen LogP contribution is -1.90. The first-order valence-corrected chi connectivity index (χ1v) is 4.10. The highest BCUT2D eigenvalue weighted by Gasteiger charge is 1.99. The second-order valence-corrected chi connectivity index (χ2v) is 2.85. The summed E-state index contributed by atoms with van der Waals surface area (Å²) < 4.78 is 12.1. The molecular formula is C11H11FO. The average molecular weight is 178 g/mol. The third-order valence-electron chi connectivity index (χ3n) is 1.80. The van der Waals surface area contributed by atoms with Crippen molar-refractivity contribution in [1.29, 1.82) is 0 Å². The van der Waals surface area contributed by atoms with Crippen LogP contribution in [0.4, 0.5) is 4.39 Å². The van der Waals surface area contributed by atoms with E-state index >= 15 is 0 Å². The molecule has 13 heavy (non-hydrogen) atoms. The third kappa shape index (κ3) is 3.20. The van der Waals surface area contributed by atoms with E-state index in [1.807, 2.05) is 30.3 Å². The van der Waals surface area contributed by atoms with E-state index in [9.17, 15) is 9.18 Å². The molecule has 0 spiro atoms. The van der Waals surface area contributed by atoms with Crippen molar-refractivity contribution in [3.05, 3.63) is 47.5 Å². The fourth-order valence-electron chi connectivity index (χ4n) is 0.965. The van der Waals surface area contributed by atoms with Gasteiger partial charge in [0.05, 0.1) is 0 Å². The van der Waals surface area contributed by atoms with Gasteiger partial charge in [0.1, 0.15) is 0 Å². The number of hydrogen-bond acceptors (Lipinski definition) is 1. The normalized spacial score (nSPS) is 11.4. The van der Waals surface area contributed by atoms with Crippen molar-refractivity contribution in [3.63, 3.8) is 0 Å². The summed E-state index contributed by atoms with van der Waals surface area (Å²) in [5.74, 6) is 0. The van der Waals surface area contributed by atoms with Gasteiger partial charge in [-0.2, -0.15) is 4.39 Å². The smallest absolute Gasteiger partial charge is 0.256 e. The van der Waals surface area contributed by atoms with E-state index in [0.29, 0.717) is 6.42 Å². The van der Waals surface area contributed by atoms with Gasteiger partial charge in [0.15, 0.2) is 0 Å². The molecule has 0 saturated heterocycles. The summed E-state index contributed by atoms with van der Waals surface area (Å²) in [5.41, 5.74) is 1.24. The van der Waals surface area contributed by atoms with E-state index in [-0.39, 0.29) is 5.57 Å². The summed E-state index contributed by atoms with van der Waals surface area (Å²) in [7, 11) is 0. The van der Waals surface area contributed by atoms with E-state index in [2.05, 4.69) is 0 Å². The fourth-order valence-corrected chi connectivity index (χ4v) is 0.965. The van der Waals surface area contributed by atoms with Crippen molar-refractivity contribution in [3.8, 4) is 0 Å². The standard InChI is InChI=1S/C11H11FO/c1-9(11(12)13)7-8-10-5-3-2-4-6-10/h2-7H,8H2,1H3. The minimum Gasteiger partial charge on any atom is -0.256 e. The summed E-state index contributed by atoms with van der Waals surface area (Å²) in [5, 5.41) is 0. The second-order valence-electron chi connectivity index (χ2n) is 2.85. The van der Waals surface area contributed by atoms with E-state index in [4.69, 9.17) is 0 Å². The molecule has 0 saturated carbocycles. The number of allylic oxidation sites excluding steroid dienone is 2. The number of carbonyl (C=O) groups is 1. The number of benzene rings is 1. The van der Waals surface area contributed by atoms with Gasteiger partial charge in [-0.3, -0.25) is 4.79 Å². The molecule has 0 heterocycles. The van der Waals surface area contributed by atoms with Crippen LogP contribution in [0.15, 0.2) is 42.0 Å². The Labute approximate surface area is 76.9 Å². The molecule has 0 radical (unpaired) electrons. The van der Waals surface area contributed by atoms with Gasteiger partial charge in [0.25, 0.3) is 0 Å². The maximum absolute atomic E-state index is 12.1. The van der Waals surface area contributed by atoms with Crippen LogP contribution >= 0.6 is 0 Å². The summed E-state index contributed by atoms with van der Waals surface area (Å²) in [6, 6.07) is 8.26. The van der Waals surface area contributed by atoms with E-state index in [1.165, 1.54) is 6.92 Å². The fraction of sp³-hybridized carbons (Fsp3) is 0.182. The number of carbonyl (C=O) groups excluding carboxylic acids is 1. The van der Waals surface area contributed by atoms with Gasteiger partial charge < -0.3 is 0 Å². The molecule has 1 rings (SSSR count). The lowest BCUT2D eigenvalue weighted by Gasteiger charge is -1.95. The predicted molar refractivity (Wildman–Crippen MR) is 50.0 cm³/mol. The second kappa shape index (κ2) is 4.55. The van der Waals surface area contributed by atoms with Crippen LogP contribution in [-0.2, 0) is 11.2 Å². The molecule has 1 nitrogen and oxygen atoms in total. The Balaban J connectivity index is 2.62. The molecule has 0 aliphatic rings. The van der Waals surface area contributed by atoms with Crippen molar-refractivity contribution in [2.45, 2.75) is 13.3 Å². The first-order valence-electron chi connectivity index (χ1n) is 4.10. The van der Waals surface area contributed by atoms with Gasteiger partial charge in [-0.05, 0) is 18.9 Å². The van der Waals surface area contributed by atoms with Crippen molar-refractivity contribution in [2.24, 2.45) is 0 Å². The molecule has 0 aliphatic carbocycles. The van der Waals surface area contributed by atoms with Crippen LogP contribution in [0.5, 0.6) is 0 Å². The summed E-state index contributed by atoms with van der Waals surface area (Å²) >= 11 is 0. The molecule has 0 amide bonds. The zero-order valence-electron chi connectivity index (χ0n) is 7.46. The lowest BCUT2D eigenvalue weighted by atomic mass is 10.1. The van der Waals surface area contributed by atoms with Gasteiger partial charge in [-0.1, -0.05) is 36.4 Å². The monoisotopic (exact) mass is 178 g/mol. The molecule has 68 valence electrons. The Kier molecular flexibility index (Phi) is 3.38. The molecule has 0 fully saturated rings. The Hall–Kier alpha value is -1.44. The van der Waals surface area contributed by atoms with Crippen molar-refractivity contribution in [1.82, 2.24) is 0 Å². The maximum Gasteiger partial charge on any atom is 0.327 e. The minimum atomic E-state index is -1.35. The highest BCUT2D eigenvalue weighted by molar-refractivity contribution is 5.86. The number of hydrogen-bond donors (Lipinski definition) is 0. The van der Waals surface area contributed by atoms with Crippen LogP contribution in [0.2, 0.25) is 0 Å². The summed E-state index contributed by atoms with van der Waals surface area (Å²) in [4.78, 5) is 10.2. The molecular weight excluding hydrogens is 167 g/mol. The van der Waals surface area contributed by atoms with E-state index in [0.717, 1.165) is 5.56 Å². The molecule has 0 aromatic heterocycles. The van der Waals surface area contributed by atoms with Crippen molar-refractivity contribution < 1.29 is 9.18 Å². The molecule has 0 unspecified atom stereocenters. The first-order chi connectivity index (χ1) is 6.20. The van der Waals surface area contributed by atoms with Gasteiger partial charge in [-0.15, -0.1) is 0 Å². The minimum absolute atomic E-state index is 0.170. The predicted octanol–water partition coefficient (Wildman–Crippen LogP) is 2.67. The Bertz CT molecular complexity index is 314. The highest BCUT2D eigenvalue weighted by atomic mass is 19.1. The molecule has 0 bridgehead atoms. The topological polar surface area (TPSA) is 17.1 Å². The highest BCUT2D eigenvalue weighted by Crippen LogP contribution is 2.03.